The van der Waals surface area contributed by atoms with Gasteiger partial charge in [-0.25, -0.2) is 4.79 Å². The maximum atomic E-state index is 13.6. The molecule has 1 amide bonds. The fourth-order valence-corrected chi connectivity index (χ4v) is 3.95. The fraction of sp³-hybridized carbons (Fsp3) is 0.167. The van der Waals surface area contributed by atoms with Gasteiger partial charge in [-0.2, -0.15) is 13.2 Å². The molecule has 4 rings (SSSR count). The van der Waals surface area contributed by atoms with E-state index in [9.17, 15) is 22.8 Å². The Morgan fingerprint density at radius 3 is 2.27 bits per heavy atom. The van der Waals surface area contributed by atoms with Crippen LogP contribution in [0.15, 0.2) is 60.7 Å². The predicted molar refractivity (Wildman–Crippen MR) is 116 cm³/mol. The highest BCUT2D eigenvalue weighted by Crippen LogP contribution is 2.39. The molecule has 0 saturated carbocycles. The SMILES string of the molecule is COC(=O)COc1cccc2c1c1c(C(N)=O)cccc1n2Cc1ccccc1C(F)(F)F. The Hall–Kier alpha value is -4.01. The molecule has 1 aromatic heterocycles. The van der Waals surface area contributed by atoms with Crippen LogP contribution in [0.4, 0.5) is 13.2 Å². The highest BCUT2D eigenvalue weighted by atomic mass is 19.4. The van der Waals surface area contributed by atoms with Gasteiger partial charge in [0.05, 0.1) is 29.1 Å². The average Bonchev–Trinajstić information content (AvgIpc) is 3.11. The van der Waals surface area contributed by atoms with Gasteiger partial charge < -0.3 is 19.8 Å². The lowest BCUT2D eigenvalue weighted by molar-refractivity contribution is -0.143. The quantitative estimate of drug-likeness (QED) is 0.433. The van der Waals surface area contributed by atoms with Gasteiger partial charge in [0, 0.05) is 17.5 Å². The number of carbonyl (C=O) groups excluding carboxylic acids is 2. The third-order valence-electron chi connectivity index (χ3n) is 5.37. The van der Waals surface area contributed by atoms with Crippen molar-refractivity contribution in [3.8, 4) is 5.75 Å². The Morgan fingerprint density at radius 1 is 0.939 bits per heavy atom. The second-order valence-corrected chi connectivity index (χ2v) is 7.32. The number of primary amides is 1. The summed E-state index contributed by atoms with van der Waals surface area (Å²) in [6, 6.07) is 15.1. The number of carbonyl (C=O) groups is 2. The first kappa shape index (κ1) is 22.2. The maximum absolute atomic E-state index is 13.6. The van der Waals surface area contributed by atoms with Crippen molar-refractivity contribution in [1.29, 1.82) is 0 Å². The van der Waals surface area contributed by atoms with Crippen molar-refractivity contribution in [2.75, 3.05) is 13.7 Å². The van der Waals surface area contributed by atoms with Crippen LogP contribution in [0.25, 0.3) is 21.8 Å². The number of nitrogens with zero attached hydrogens (tertiary/aromatic N) is 1. The van der Waals surface area contributed by atoms with Crippen molar-refractivity contribution in [1.82, 2.24) is 4.57 Å². The molecule has 0 aliphatic carbocycles. The Kier molecular flexibility index (Phi) is 5.71. The third kappa shape index (κ3) is 4.09. The summed E-state index contributed by atoms with van der Waals surface area (Å²) in [5.41, 5.74) is 6.14. The highest BCUT2D eigenvalue weighted by Gasteiger charge is 2.33. The number of methoxy groups -OCH3 is 1. The molecule has 4 aromatic rings. The number of ether oxygens (including phenoxy) is 2. The predicted octanol–water partition coefficient (Wildman–Crippen LogP) is 4.51. The minimum atomic E-state index is -4.53. The summed E-state index contributed by atoms with van der Waals surface area (Å²) in [7, 11) is 1.22. The Bertz CT molecular complexity index is 1380. The Morgan fingerprint density at radius 2 is 1.61 bits per heavy atom. The van der Waals surface area contributed by atoms with E-state index in [-0.39, 0.29) is 30.0 Å². The molecule has 1 heterocycles. The zero-order chi connectivity index (χ0) is 23.8. The van der Waals surface area contributed by atoms with Crippen LogP contribution in [0.5, 0.6) is 5.75 Å². The van der Waals surface area contributed by atoms with Crippen LogP contribution >= 0.6 is 0 Å². The van der Waals surface area contributed by atoms with Crippen LogP contribution in [0.2, 0.25) is 0 Å². The second-order valence-electron chi connectivity index (χ2n) is 7.32. The van der Waals surface area contributed by atoms with Gasteiger partial charge in [0.1, 0.15) is 5.75 Å². The van der Waals surface area contributed by atoms with E-state index in [2.05, 4.69) is 4.74 Å². The number of benzene rings is 3. The number of fused-ring (bicyclic) bond motifs is 3. The van der Waals surface area contributed by atoms with Crippen LogP contribution in [-0.2, 0) is 22.3 Å². The number of amides is 1. The van der Waals surface area contributed by atoms with Gasteiger partial charge in [0.25, 0.3) is 0 Å². The summed E-state index contributed by atoms with van der Waals surface area (Å²) >= 11 is 0. The van der Waals surface area contributed by atoms with E-state index in [0.717, 1.165) is 6.07 Å². The molecule has 0 fully saturated rings. The third-order valence-corrected chi connectivity index (χ3v) is 5.37. The minimum absolute atomic E-state index is 0.0640. The van der Waals surface area contributed by atoms with E-state index in [4.69, 9.17) is 10.5 Å². The van der Waals surface area contributed by atoms with Gasteiger partial charge in [-0.1, -0.05) is 30.3 Å². The number of aromatic nitrogens is 1. The monoisotopic (exact) mass is 456 g/mol. The average molecular weight is 456 g/mol. The molecule has 0 atom stereocenters. The first-order valence-corrected chi connectivity index (χ1v) is 9.90. The first-order valence-electron chi connectivity index (χ1n) is 9.90. The molecular weight excluding hydrogens is 437 g/mol. The summed E-state index contributed by atoms with van der Waals surface area (Å²) in [4.78, 5) is 23.8. The van der Waals surface area contributed by atoms with E-state index >= 15 is 0 Å². The zero-order valence-corrected chi connectivity index (χ0v) is 17.5. The molecule has 0 saturated heterocycles. The van der Waals surface area contributed by atoms with Crippen molar-refractivity contribution < 1.29 is 32.2 Å². The number of hydrogen-bond donors (Lipinski definition) is 1. The first-order chi connectivity index (χ1) is 15.7. The maximum Gasteiger partial charge on any atom is 0.416 e. The normalized spacial score (nSPS) is 11.6. The van der Waals surface area contributed by atoms with Gasteiger partial charge >= 0.3 is 12.1 Å². The number of alkyl halides is 3. The minimum Gasteiger partial charge on any atom is -0.481 e. The standard InChI is InChI=1S/C24H19F3N2O4/c1-32-20(30)13-33-19-11-5-10-18-22(19)21-15(23(28)31)7-4-9-17(21)29(18)12-14-6-2-3-8-16(14)24(25,26)27/h2-11H,12-13H2,1H3,(H2,28,31). The summed E-state index contributed by atoms with van der Waals surface area (Å²) in [6.07, 6.45) is -4.53. The molecule has 2 N–H and O–H groups in total. The van der Waals surface area contributed by atoms with E-state index in [1.807, 2.05) is 0 Å². The van der Waals surface area contributed by atoms with Gasteiger partial charge in [0.2, 0.25) is 5.91 Å². The van der Waals surface area contributed by atoms with Crippen LogP contribution in [0.1, 0.15) is 21.5 Å². The molecule has 0 spiro atoms. The summed E-state index contributed by atoms with van der Waals surface area (Å²) in [5.74, 6) is -1.03. The van der Waals surface area contributed by atoms with Crippen molar-refractivity contribution in [3.05, 3.63) is 77.4 Å². The molecule has 0 aliphatic heterocycles. The second kappa shape index (κ2) is 8.50. The molecule has 9 heteroatoms. The summed E-state index contributed by atoms with van der Waals surface area (Å²) < 4.78 is 52.8. The Labute approximate surface area is 186 Å². The van der Waals surface area contributed by atoms with Crippen molar-refractivity contribution in [2.45, 2.75) is 12.7 Å². The smallest absolute Gasteiger partial charge is 0.416 e. The molecule has 0 radical (unpaired) electrons. The number of rotatable bonds is 6. The summed E-state index contributed by atoms with van der Waals surface area (Å²) in [5, 5.41) is 0.903. The molecule has 33 heavy (non-hydrogen) atoms. The molecule has 0 unspecified atom stereocenters. The lowest BCUT2D eigenvalue weighted by Crippen LogP contribution is -2.13. The van der Waals surface area contributed by atoms with Gasteiger partial charge in [0.15, 0.2) is 6.61 Å². The number of esters is 1. The van der Waals surface area contributed by atoms with Crippen molar-refractivity contribution in [3.63, 3.8) is 0 Å². The van der Waals surface area contributed by atoms with Crippen LogP contribution in [-0.4, -0.2) is 30.2 Å². The number of nitrogens with two attached hydrogens (primary N) is 1. The number of halogens is 3. The van der Waals surface area contributed by atoms with Crippen molar-refractivity contribution >= 4 is 33.7 Å². The largest absolute Gasteiger partial charge is 0.481 e. The molecule has 170 valence electrons. The van der Waals surface area contributed by atoms with E-state index in [1.165, 1.54) is 31.4 Å². The van der Waals surface area contributed by atoms with Crippen LogP contribution in [0, 0.1) is 0 Å². The molecule has 3 aromatic carbocycles. The zero-order valence-electron chi connectivity index (χ0n) is 17.5. The Balaban J connectivity index is 1.99. The lowest BCUT2D eigenvalue weighted by Gasteiger charge is -2.15. The van der Waals surface area contributed by atoms with Gasteiger partial charge in [-0.15, -0.1) is 0 Å². The van der Waals surface area contributed by atoms with Crippen LogP contribution < -0.4 is 10.5 Å². The van der Waals surface area contributed by atoms with E-state index < -0.39 is 23.6 Å². The van der Waals surface area contributed by atoms with E-state index in [0.29, 0.717) is 21.8 Å². The molecule has 6 nitrogen and oxygen atoms in total. The molecule has 0 bridgehead atoms. The number of hydrogen-bond acceptors (Lipinski definition) is 4. The molecule has 0 aliphatic rings. The van der Waals surface area contributed by atoms with Crippen LogP contribution in [0.3, 0.4) is 0 Å². The fourth-order valence-electron chi connectivity index (χ4n) is 3.95. The highest BCUT2D eigenvalue weighted by molar-refractivity contribution is 6.19. The summed E-state index contributed by atoms with van der Waals surface area (Å²) in [6.45, 7) is -0.490. The van der Waals surface area contributed by atoms with Gasteiger partial charge in [-0.05, 0) is 35.9 Å². The molecular formula is C24H19F3N2O4. The van der Waals surface area contributed by atoms with Crippen molar-refractivity contribution in [2.24, 2.45) is 5.73 Å². The topological polar surface area (TPSA) is 83.6 Å². The lowest BCUT2D eigenvalue weighted by atomic mass is 10.1. The van der Waals surface area contributed by atoms with E-state index in [1.54, 1.807) is 34.9 Å². The van der Waals surface area contributed by atoms with Gasteiger partial charge in [-0.3, -0.25) is 4.79 Å².